The predicted octanol–water partition coefficient (Wildman–Crippen LogP) is 1.36. The summed E-state index contributed by atoms with van der Waals surface area (Å²) in [5, 5.41) is 21.1. The first-order chi connectivity index (χ1) is 11.6. The number of carbonyl (C=O) groups excluding carboxylic acids is 1. The number of hydrogen-bond donors (Lipinski definition) is 2. The Morgan fingerprint density at radius 3 is 2.58 bits per heavy atom. The molecule has 0 radical (unpaired) electrons. The number of carbonyl (C=O) groups is 1. The lowest BCUT2D eigenvalue weighted by atomic mass is 9.67. The highest BCUT2D eigenvalue weighted by atomic mass is 79.9. The molecule has 1 saturated heterocycles. The van der Waals surface area contributed by atoms with Crippen molar-refractivity contribution in [2.45, 2.75) is 41.8 Å². The molecular weight excluding hydrogens is 376 g/mol. The van der Waals surface area contributed by atoms with Gasteiger partial charge in [0.25, 0.3) is 0 Å². The van der Waals surface area contributed by atoms with Crippen molar-refractivity contribution < 1.29 is 24.5 Å². The van der Waals surface area contributed by atoms with Gasteiger partial charge in [0.15, 0.2) is 0 Å². The highest BCUT2D eigenvalue weighted by molar-refractivity contribution is 9.09. The average Bonchev–Trinajstić information content (AvgIpc) is 3.22. The molecule has 3 aliphatic carbocycles. The molecule has 4 aliphatic rings. The highest BCUT2D eigenvalue weighted by Gasteiger charge is 2.71. The van der Waals surface area contributed by atoms with Gasteiger partial charge < -0.3 is 19.7 Å². The Balaban J connectivity index is 1.46. The maximum absolute atomic E-state index is 12.5. The second-order valence-electron chi connectivity index (χ2n) is 7.44. The number of fused-ring (bicyclic) bond motifs is 2. The van der Waals surface area contributed by atoms with Gasteiger partial charge in [0.1, 0.15) is 18.3 Å². The topological polar surface area (TPSA) is 76.0 Å². The van der Waals surface area contributed by atoms with Gasteiger partial charge >= 0.3 is 5.97 Å². The lowest BCUT2D eigenvalue weighted by molar-refractivity contribution is -0.173. The maximum Gasteiger partial charge on any atom is 0.338 e. The number of rotatable bonds is 2. The van der Waals surface area contributed by atoms with E-state index in [4.69, 9.17) is 9.47 Å². The molecule has 0 aromatic heterocycles. The summed E-state index contributed by atoms with van der Waals surface area (Å²) >= 11 is 3.73. The van der Waals surface area contributed by atoms with Crippen molar-refractivity contribution in [1.29, 1.82) is 0 Å². The zero-order valence-corrected chi connectivity index (χ0v) is 14.5. The molecular formula is C18H19BrO5. The third kappa shape index (κ3) is 1.88. The Morgan fingerprint density at radius 1 is 1.08 bits per heavy atom. The van der Waals surface area contributed by atoms with Gasteiger partial charge in [-0.15, -0.1) is 0 Å². The molecule has 1 aromatic rings. The van der Waals surface area contributed by atoms with E-state index in [0.717, 1.165) is 6.42 Å². The molecule has 0 amide bonds. The van der Waals surface area contributed by atoms with E-state index >= 15 is 0 Å². The fourth-order valence-corrected chi connectivity index (χ4v) is 6.67. The fourth-order valence-electron chi connectivity index (χ4n) is 5.59. The highest BCUT2D eigenvalue weighted by Crippen LogP contribution is 2.65. The van der Waals surface area contributed by atoms with Crippen LogP contribution in [0.15, 0.2) is 30.3 Å². The van der Waals surface area contributed by atoms with E-state index in [9.17, 15) is 15.0 Å². The minimum Gasteiger partial charge on any atom is -0.456 e. The van der Waals surface area contributed by atoms with Crippen molar-refractivity contribution in [3.8, 4) is 0 Å². The molecule has 0 spiro atoms. The predicted molar refractivity (Wildman–Crippen MR) is 87.6 cm³/mol. The number of hydrogen-bond acceptors (Lipinski definition) is 5. The van der Waals surface area contributed by atoms with E-state index in [1.54, 1.807) is 24.3 Å². The Labute approximate surface area is 148 Å². The number of alkyl halides is 1. The maximum atomic E-state index is 12.5. The van der Waals surface area contributed by atoms with Crippen LogP contribution in [0.4, 0.5) is 0 Å². The number of esters is 1. The lowest BCUT2D eigenvalue weighted by Gasteiger charge is -2.45. The van der Waals surface area contributed by atoms with Gasteiger partial charge in [-0.3, -0.25) is 0 Å². The number of ether oxygens (including phenoxy) is 2. The molecule has 5 nitrogen and oxygen atoms in total. The van der Waals surface area contributed by atoms with E-state index < -0.39 is 24.3 Å². The van der Waals surface area contributed by atoms with E-state index in [2.05, 4.69) is 15.9 Å². The smallest absolute Gasteiger partial charge is 0.338 e. The minimum atomic E-state index is -1.11. The molecule has 2 unspecified atom stereocenters. The summed E-state index contributed by atoms with van der Waals surface area (Å²) in [6, 6.07) is 8.78. The molecule has 2 N–H and O–H groups in total. The van der Waals surface area contributed by atoms with Crippen LogP contribution in [-0.4, -0.2) is 51.5 Å². The molecule has 1 aromatic carbocycles. The second kappa shape index (κ2) is 5.27. The summed E-state index contributed by atoms with van der Waals surface area (Å²) in [6.45, 7) is 0. The normalized spacial score (nSPS) is 51.0. The number of aliphatic hydroxyl groups is 2. The molecule has 1 heterocycles. The largest absolute Gasteiger partial charge is 0.456 e. The van der Waals surface area contributed by atoms with E-state index in [1.807, 2.05) is 6.07 Å². The van der Waals surface area contributed by atoms with Crippen LogP contribution in [0.3, 0.4) is 0 Å². The SMILES string of the molecule is O=C(O[C@@H]1C2C3[C@@H]4C[C@H]2[C@@H](Br)[C@@H]4O[C@@H]3[C@@H](O)[C@@H]1O)c1ccccc1. The van der Waals surface area contributed by atoms with E-state index in [-0.39, 0.29) is 28.9 Å². The van der Waals surface area contributed by atoms with Gasteiger partial charge in [0, 0.05) is 10.7 Å². The Kier molecular flexibility index (Phi) is 3.36. The van der Waals surface area contributed by atoms with Crippen LogP contribution in [0.1, 0.15) is 16.8 Å². The molecule has 128 valence electrons. The second-order valence-corrected chi connectivity index (χ2v) is 8.50. The molecule has 2 bridgehead atoms. The van der Waals surface area contributed by atoms with Crippen LogP contribution in [0, 0.1) is 23.7 Å². The summed E-state index contributed by atoms with van der Waals surface area (Å²) in [4.78, 5) is 12.7. The number of aliphatic hydroxyl groups excluding tert-OH is 2. The van der Waals surface area contributed by atoms with Crippen LogP contribution < -0.4 is 0 Å². The van der Waals surface area contributed by atoms with E-state index in [1.165, 1.54) is 0 Å². The minimum absolute atomic E-state index is 0.0363. The van der Waals surface area contributed by atoms with Gasteiger partial charge in [0.2, 0.25) is 0 Å². The average molecular weight is 395 g/mol. The van der Waals surface area contributed by atoms with Gasteiger partial charge in [0.05, 0.1) is 17.8 Å². The number of halogens is 1. The van der Waals surface area contributed by atoms with Gasteiger partial charge in [-0.05, 0) is 36.3 Å². The quantitative estimate of drug-likeness (QED) is 0.584. The molecule has 10 atom stereocenters. The van der Waals surface area contributed by atoms with Crippen molar-refractivity contribution in [2.24, 2.45) is 23.7 Å². The molecule has 4 fully saturated rings. The first-order valence-corrected chi connectivity index (χ1v) is 9.41. The Bertz CT molecular complexity index is 667. The summed E-state index contributed by atoms with van der Waals surface area (Å²) in [5.41, 5.74) is 0.459. The van der Waals surface area contributed by atoms with Gasteiger partial charge in [-0.1, -0.05) is 34.1 Å². The van der Waals surface area contributed by atoms with Gasteiger partial charge in [-0.25, -0.2) is 4.79 Å². The summed E-state index contributed by atoms with van der Waals surface area (Å²) in [5.74, 6) is 0.449. The lowest BCUT2D eigenvalue weighted by Crippen LogP contribution is -2.59. The summed E-state index contributed by atoms with van der Waals surface area (Å²) < 4.78 is 11.8. The molecule has 3 saturated carbocycles. The Hall–Kier alpha value is -0.950. The van der Waals surface area contributed by atoms with Crippen LogP contribution in [0.5, 0.6) is 0 Å². The van der Waals surface area contributed by atoms with Crippen molar-refractivity contribution in [2.75, 3.05) is 0 Å². The summed E-state index contributed by atoms with van der Waals surface area (Å²) in [7, 11) is 0. The van der Waals surface area contributed by atoms with Gasteiger partial charge in [-0.2, -0.15) is 0 Å². The third-order valence-corrected chi connectivity index (χ3v) is 7.67. The van der Waals surface area contributed by atoms with Crippen LogP contribution in [-0.2, 0) is 9.47 Å². The third-order valence-electron chi connectivity index (χ3n) is 6.47. The molecule has 5 rings (SSSR count). The molecule has 24 heavy (non-hydrogen) atoms. The Morgan fingerprint density at radius 2 is 1.83 bits per heavy atom. The molecule has 6 heteroatoms. The fraction of sp³-hybridized carbons (Fsp3) is 0.611. The standard InChI is InChI=1S/C18H19BrO5/c19-12-8-6-9-11-10(8)17(14(21)13(20)16(11)23-15(9)12)24-18(22)7-4-2-1-3-5-7/h1-5,8-17,20-21H,6H2/t8-,9+,10?,11?,12-,13+,14+,15-,16+,17-/m1/s1. The molecule has 1 aliphatic heterocycles. The van der Waals surface area contributed by atoms with Crippen molar-refractivity contribution >= 4 is 21.9 Å². The first-order valence-electron chi connectivity index (χ1n) is 8.49. The first kappa shape index (κ1) is 15.3. The number of benzene rings is 1. The zero-order chi connectivity index (χ0) is 16.6. The monoisotopic (exact) mass is 394 g/mol. The van der Waals surface area contributed by atoms with Crippen molar-refractivity contribution in [3.63, 3.8) is 0 Å². The van der Waals surface area contributed by atoms with Crippen molar-refractivity contribution in [3.05, 3.63) is 35.9 Å². The van der Waals surface area contributed by atoms with Crippen LogP contribution >= 0.6 is 15.9 Å². The van der Waals surface area contributed by atoms with Crippen LogP contribution in [0.25, 0.3) is 0 Å². The summed E-state index contributed by atoms with van der Waals surface area (Å²) in [6.07, 6.45) is -2.05. The van der Waals surface area contributed by atoms with Crippen molar-refractivity contribution in [1.82, 2.24) is 0 Å². The van der Waals surface area contributed by atoms with Crippen LogP contribution in [0.2, 0.25) is 0 Å². The van der Waals surface area contributed by atoms with E-state index in [0.29, 0.717) is 17.4 Å². The zero-order valence-electron chi connectivity index (χ0n) is 12.9.